The van der Waals surface area contributed by atoms with E-state index in [0.29, 0.717) is 11.8 Å². The molecule has 0 spiro atoms. The smallest absolute Gasteiger partial charge is 0.416 e. The van der Waals surface area contributed by atoms with Crippen LogP contribution in [-0.4, -0.2) is 36.3 Å². The van der Waals surface area contributed by atoms with E-state index in [1.807, 2.05) is 0 Å². The molecule has 1 amide bonds. The summed E-state index contributed by atoms with van der Waals surface area (Å²) < 4.78 is 112. The number of nitrogens with two attached hydrogens (primary N) is 1. The van der Waals surface area contributed by atoms with Gasteiger partial charge in [0.1, 0.15) is 18.1 Å². The summed E-state index contributed by atoms with van der Waals surface area (Å²) in [6.45, 7) is -0.263. The standard InChI is InChI=1S/C28H23F7N2O4/c1-39-21-7-3-2-5-19(21)24(36)25(38)37(14-12-17-8-10-18(11-9-17)28(33,34)35)23-16-40-15-22(41-23)20-6-4-13-26(29,30)27(20,31)32/h2-11,13,15-16,24H,12,14,36H2,1H3. The Labute approximate surface area is 229 Å². The van der Waals surface area contributed by atoms with Crippen LogP contribution in [-0.2, 0) is 26.9 Å². The second-order valence-corrected chi connectivity index (χ2v) is 8.97. The lowest BCUT2D eigenvalue weighted by Gasteiger charge is -2.33. The predicted molar refractivity (Wildman–Crippen MR) is 132 cm³/mol. The second-order valence-electron chi connectivity index (χ2n) is 8.97. The molecule has 41 heavy (non-hydrogen) atoms. The second kappa shape index (κ2) is 11.3. The Morgan fingerprint density at radius 2 is 1.73 bits per heavy atom. The van der Waals surface area contributed by atoms with Crippen molar-refractivity contribution in [3.05, 3.63) is 113 Å². The number of hydrogen-bond donors (Lipinski definition) is 1. The quantitative estimate of drug-likeness (QED) is 0.372. The molecule has 0 fully saturated rings. The van der Waals surface area contributed by atoms with Crippen LogP contribution in [0.3, 0.4) is 0 Å². The van der Waals surface area contributed by atoms with Crippen LogP contribution < -0.4 is 10.5 Å². The van der Waals surface area contributed by atoms with Gasteiger partial charge in [-0.15, -0.1) is 0 Å². The lowest BCUT2D eigenvalue weighted by Crippen LogP contribution is -2.44. The minimum absolute atomic E-state index is 0.0259. The van der Waals surface area contributed by atoms with Crippen molar-refractivity contribution in [2.45, 2.75) is 30.5 Å². The molecule has 13 heteroatoms. The maximum Gasteiger partial charge on any atom is 0.416 e. The van der Waals surface area contributed by atoms with Crippen molar-refractivity contribution in [3.63, 3.8) is 0 Å². The molecule has 2 aromatic rings. The Bertz CT molecular complexity index is 1410. The maximum atomic E-state index is 14.6. The zero-order valence-corrected chi connectivity index (χ0v) is 21.3. The molecule has 2 aromatic carbocycles. The molecule has 0 aromatic heterocycles. The molecule has 0 bridgehead atoms. The van der Waals surface area contributed by atoms with Crippen molar-refractivity contribution in [2.24, 2.45) is 5.73 Å². The summed E-state index contributed by atoms with van der Waals surface area (Å²) in [6.07, 6.45) is -1.50. The number of benzene rings is 2. The molecule has 0 saturated heterocycles. The van der Waals surface area contributed by atoms with Gasteiger partial charge in [-0.3, -0.25) is 9.69 Å². The van der Waals surface area contributed by atoms with Gasteiger partial charge in [-0.05, 0) is 42.3 Å². The number of halogens is 7. The third kappa shape index (κ3) is 6.09. The number of allylic oxidation sites excluding steroid dienone is 4. The number of rotatable bonds is 8. The van der Waals surface area contributed by atoms with Gasteiger partial charge < -0.3 is 19.9 Å². The number of carbonyl (C=O) groups excluding carboxylic acids is 1. The van der Waals surface area contributed by atoms with Crippen molar-refractivity contribution in [1.82, 2.24) is 4.90 Å². The van der Waals surface area contributed by atoms with E-state index in [4.69, 9.17) is 19.9 Å². The average molecular weight is 584 g/mol. The molecule has 1 unspecified atom stereocenters. The van der Waals surface area contributed by atoms with Crippen LogP contribution in [0.5, 0.6) is 5.75 Å². The fourth-order valence-electron chi connectivity index (χ4n) is 4.10. The van der Waals surface area contributed by atoms with Gasteiger partial charge in [-0.1, -0.05) is 36.4 Å². The molecule has 4 rings (SSSR count). The normalized spacial score (nSPS) is 18.2. The Morgan fingerprint density at radius 3 is 2.39 bits per heavy atom. The largest absolute Gasteiger partial charge is 0.496 e. The van der Waals surface area contributed by atoms with Crippen LogP contribution in [0, 0.1) is 0 Å². The zero-order chi connectivity index (χ0) is 30.0. The molecule has 1 atom stereocenters. The van der Waals surface area contributed by atoms with Gasteiger partial charge in [-0.2, -0.15) is 30.7 Å². The van der Waals surface area contributed by atoms with Crippen LogP contribution in [0.25, 0.3) is 0 Å². The first kappa shape index (κ1) is 29.7. The summed E-state index contributed by atoms with van der Waals surface area (Å²) in [5, 5.41) is 0. The Kier molecular flexibility index (Phi) is 8.20. The minimum atomic E-state index is -4.66. The van der Waals surface area contributed by atoms with E-state index >= 15 is 0 Å². The Hall–Kier alpha value is -4.26. The fourth-order valence-corrected chi connectivity index (χ4v) is 4.10. The van der Waals surface area contributed by atoms with Crippen LogP contribution in [0.1, 0.15) is 22.7 Å². The van der Waals surface area contributed by atoms with Crippen molar-refractivity contribution >= 4 is 5.91 Å². The maximum absolute atomic E-state index is 14.6. The van der Waals surface area contributed by atoms with E-state index in [0.717, 1.165) is 35.4 Å². The molecule has 2 aliphatic rings. The van der Waals surface area contributed by atoms with Gasteiger partial charge in [0.05, 0.1) is 18.2 Å². The van der Waals surface area contributed by atoms with E-state index in [9.17, 15) is 35.5 Å². The zero-order valence-electron chi connectivity index (χ0n) is 21.3. The van der Waals surface area contributed by atoms with Crippen LogP contribution in [0.2, 0.25) is 0 Å². The van der Waals surface area contributed by atoms with E-state index in [-0.39, 0.29) is 30.4 Å². The summed E-state index contributed by atoms with van der Waals surface area (Å²) in [5.41, 5.74) is 4.83. The summed E-state index contributed by atoms with van der Waals surface area (Å²) in [5.74, 6) is -11.0. The number of para-hydroxylation sites is 1. The number of carbonyl (C=O) groups is 1. The fraction of sp³-hybridized carbons (Fsp3) is 0.250. The molecule has 1 aliphatic heterocycles. The third-order valence-corrected chi connectivity index (χ3v) is 6.33. The molecule has 0 radical (unpaired) electrons. The molecule has 1 heterocycles. The summed E-state index contributed by atoms with van der Waals surface area (Å²) >= 11 is 0. The third-order valence-electron chi connectivity index (χ3n) is 6.33. The first-order valence-electron chi connectivity index (χ1n) is 12.0. The molecule has 2 N–H and O–H groups in total. The van der Waals surface area contributed by atoms with Crippen molar-refractivity contribution < 1.29 is 49.7 Å². The van der Waals surface area contributed by atoms with Gasteiger partial charge in [-0.25, -0.2) is 0 Å². The highest BCUT2D eigenvalue weighted by Crippen LogP contribution is 2.47. The van der Waals surface area contributed by atoms with Gasteiger partial charge in [0.25, 0.3) is 5.91 Å². The molecule has 0 saturated carbocycles. The highest BCUT2D eigenvalue weighted by molar-refractivity contribution is 5.85. The van der Waals surface area contributed by atoms with Gasteiger partial charge in [0.15, 0.2) is 12.0 Å². The van der Waals surface area contributed by atoms with Crippen molar-refractivity contribution in [2.75, 3.05) is 13.7 Å². The van der Waals surface area contributed by atoms with Gasteiger partial charge in [0, 0.05) is 12.1 Å². The summed E-state index contributed by atoms with van der Waals surface area (Å²) in [6, 6.07) is 9.11. The van der Waals surface area contributed by atoms with E-state index in [1.165, 1.54) is 25.3 Å². The van der Waals surface area contributed by atoms with Crippen LogP contribution in [0.15, 0.2) is 96.5 Å². The summed E-state index contributed by atoms with van der Waals surface area (Å²) in [4.78, 5) is 14.6. The average Bonchev–Trinajstić information content (AvgIpc) is 2.94. The number of methoxy groups -OCH3 is 1. The van der Waals surface area contributed by atoms with Gasteiger partial charge in [0.2, 0.25) is 5.88 Å². The Morgan fingerprint density at radius 1 is 1.05 bits per heavy atom. The number of ether oxygens (including phenoxy) is 3. The number of amides is 1. The lowest BCUT2D eigenvalue weighted by atomic mass is 9.95. The minimum Gasteiger partial charge on any atom is -0.496 e. The first-order chi connectivity index (χ1) is 19.3. The van der Waals surface area contributed by atoms with E-state index in [2.05, 4.69) is 0 Å². The highest BCUT2D eigenvalue weighted by Gasteiger charge is 2.59. The Balaban J connectivity index is 1.63. The van der Waals surface area contributed by atoms with Crippen LogP contribution >= 0.6 is 0 Å². The number of hydrogen-bond acceptors (Lipinski definition) is 5. The monoisotopic (exact) mass is 584 g/mol. The van der Waals surface area contributed by atoms with E-state index < -0.39 is 52.7 Å². The topological polar surface area (TPSA) is 74.0 Å². The number of alkyl halides is 7. The SMILES string of the molecule is COc1ccccc1C(N)C(=O)N(CCc1ccc(C(F)(F)F)cc1)C1=COC=C(C2=CC=CC(F)(F)C2(F)F)O1. The molecule has 218 valence electrons. The molecule has 1 aliphatic carbocycles. The van der Waals surface area contributed by atoms with Crippen molar-refractivity contribution in [3.8, 4) is 5.75 Å². The molecular formula is C28H23F7N2O4. The van der Waals surface area contributed by atoms with Gasteiger partial charge >= 0.3 is 18.0 Å². The van der Waals surface area contributed by atoms with Crippen molar-refractivity contribution in [1.29, 1.82) is 0 Å². The first-order valence-corrected chi connectivity index (χ1v) is 12.0. The predicted octanol–water partition coefficient (Wildman–Crippen LogP) is 6.24. The highest BCUT2D eigenvalue weighted by atomic mass is 19.4. The lowest BCUT2D eigenvalue weighted by molar-refractivity contribution is -0.157. The number of nitrogens with zero attached hydrogens (tertiary/aromatic N) is 1. The molecule has 6 nitrogen and oxygen atoms in total. The van der Waals surface area contributed by atoms with Crippen LogP contribution in [0.4, 0.5) is 30.7 Å². The summed E-state index contributed by atoms with van der Waals surface area (Å²) in [7, 11) is 1.36. The molecular weight excluding hydrogens is 561 g/mol. The van der Waals surface area contributed by atoms with E-state index in [1.54, 1.807) is 18.2 Å².